The molecule has 0 aliphatic heterocycles. The number of carbonyl (C=O) groups is 1. The third-order valence-corrected chi connectivity index (χ3v) is 1.59. The molecule has 5 nitrogen and oxygen atoms in total. The summed E-state index contributed by atoms with van der Waals surface area (Å²) in [7, 11) is -0.497. The molecule has 12 heavy (non-hydrogen) atoms. The van der Waals surface area contributed by atoms with Gasteiger partial charge < -0.3 is 10.8 Å². The molecule has 0 aromatic heterocycles. The van der Waals surface area contributed by atoms with Crippen LogP contribution in [-0.4, -0.2) is 23.7 Å². The Labute approximate surface area is 72.2 Å². The normalized spacial score (nSPS) is 15.8. The molecule has 0 saturated heterocycles. The highest BCUT2D eigenvalue weighted by Gasteiger charge is 2.19. The van der Waals surface area contributed by atoms with E-state index < -0.39 is 20.6 Å². The van der Waals surface area contributed by atoms with Crippen molar-refractivity contribution in [1.82, 2.24) is 0 Å². The maximum absolute atomic E-state index is 10.5. The quantitative estimate of drug-likeness (QED) is 0.604. The van der Waals surface area contributed by atoms with Gasteiger partial charge in [-0.2, -0.15) is 0 Å². The molecule has 2 atom stereocenters. The molecule has 0 fully saturated rings. The monoisotopic (exact) mass is 193 g/mol. The third-order valence-electron chi connectivity index (χ3n) is 1.33. The first-order valence-electron chi connectivity index (χ1n) is 3.51. The summed E-state index contributed by atoms with van der Waals surface area (Å²) in [6.45, 7) is 1.65. The number of carboxylic acid groups (broad SMARTS) is 1. The predicted octanol–water partition coefficient (Wildman–Crippen LogP) is 0.648. The van der Waals surface area contributed by atoms with Crippen molar-refractivity contribution in [3.05, 3.63) is 0 Å². The van der Waals surface area contributed by atoms with Gasteiger partial charge in [0.15, 0.2) is 0 Å². The first-order valence-corrected chi connectivity index (χ1v) is 4.24. The molecule has 6 heteroatoms. The van der Waals surface area contributed by atoms with Crippen LogP contribution in [0.15, 0.2) is 0 Å². The second kappa shape index (κ2) is 6.06. The summed E-state index contributed by atoms with van der Waals surface area (Å²) >= 11 is 0. The molecule has 70 valence electrons. The van der Waals surface area contributed by atoms with Crippen LogP contribution < -0.4 is 5.73 Å². The minimum atomic E-state index is -0.976. The van der Waals surface area contributed by atoms with E-state index in [0.29, 0.717) is 6.42 Å². The van der Waals surface area contributed by atoms with Gasteiger partial charge in [0.2, 0.25) is 0 Å². The fourth-order valence-corrected chi connectivity index (χ4v) is 1.05. The average Bonchev–Trinajstić information content (AvgIpc) is 1.96. The van der Waals surface area contributed by atoms with Gasteiger partial charge in [-0.15, -0.1) is 0 Å². The Balaban J connectivity index is 3.86. The van der Waals surface area contributed by atoms with Crippen LogP contribution in [0.25, 0.3) is 0 Å². The minimum Gasteiger partial charge on any atom is -0.481 e. The molecule has 0 aromatic rings. The summed E-state index contributed by atoms with van der Waals surface area (Å²) in [6.07, 6.45) is 0.324. The molecule has 0 heterocycles. The van der Waals surface area contributed by atoms with E-state index in [1.807, 2.05) is 0 Å². The van der Waals surface area contributed by atoms with Crippen LogP contribution in [0, 0.1) is 5.92 Å². The van der Waals surface area contributed by atoms with Crippen molar-refractivity contribution in [3.63, 3.8) is 0 Å². The number of aliphatic carboxylic acids is 1. The van der Waals surface area contributed by atoms with Gasteiger partial charge in [-0.3, -0.25) is 9.32 Å². The van der Waals surface area contributed by atoms with Gasteiger partial charge in [-0.25, -0.2) is 4.57 Å². The van der Waals surface area contributed by atoms with Crippen molar-refractivity contribution in [2.75, 3.05) is 6.61 Å². The van der Waals surface area contributed by atoms with Gasteiger partial charge in [0.05, 0.1) is 12.5 Å². The standard InChI is InChI=1S/C6H12NO4P/c1-4(7)2-5(6(8)9)3-11-12-10/h4-5H,2-3,7H2,1H3,(H,8,9). The average molecular weight is 193 g/mol. The fourth-order valence-electron chi connectivity index (χ4n) is 0.809. The zero-order chi connectivity index (χ0) is 9.56. The fraction of sp³-hybridized carbons (Fsp3) is 0.833. The van der Waals surface area contributed by atoms with Crippen LogP contribution in [0.4, 0.5) is 0 Å². The number of hydrogen-bond donors (Lipinski definition) is 2. The lowest BCUT2D eigenvalue weighted by molar-refractivity contribution is -0.143. The maximum Gasteiger partial charge on any atom is 0.327 e. The molecular formula is C6H12NO4P. The Morgan fingerprint density at radius 1 is 1.75 bits per heavy atom. The molecular weight excluding hydrogens is 181 g/mol. The Morgan fingerprint density at radius 2 is 2.33 bits per heavy atom. The molecule has 0 bridgehead atoms. The Bertz CT molecular complexity index is 162. The van der Waals surface area contributed by atoms with E-state index in [-0.39, 0.29) is 12.6 Å². The molecule has 0 radical (unpaired) electrons. The van der Waals surface area contributed by atoms with E-state index in [0.717, 1.165) is 0 Å². The van der Waals surface area contributed by atoms with Gasteiger partial charge in [-0.1, -0.05) is 0 Å². The Kier molecular flexibility index (Phi) is 5.80. The van der Waals surface area contributed by atoms with Crippen molar-refractivity contribution in [3.8, 4) is 0 Å². The van der Waals surface area contributed by atoms with Gasteiger partial charge in [0.1, 0.15) is 0 Å². The van der Waals surface area contributed by atoms with E-state index in [4.69, 9.17) is 10.8 Å². The van der Waals surface area contributed by atoms with Crippen molar-refractivity contribution in [1.29, 1.82) is 0 Å². The molecule has 2 unspecified atom stereocenters. The molecule has 0 saturated carbocycles. The van der Waals surface area contributed by atoms with E-state index >= 15 is 0 Å². The second-order valence-corrected chi connectivity index (χ2v) is 3.03. The first-order chi connectivity index (χ1) is 5.57. The van der Waals surface area contributed by atoms with Crippen molar-refractivity contribution in [2.45, 2.75) is 19.4 Å². The van der Waals surface area contributed by atoms with E-state index in [9.17, 15) is 9.36 Å². The summed E-state index contributed by atoms with van der Waals surface area (Å²) < 4.78 is 14.3. The second-order valence-electron chi connectivity index (χ2n) is 2.62. The SMILES string of the molecule is CC(N)CC(COP=O)C(=O)O. The molecule has 0 aliphatic carbocycles. The predicted molar refractivity (Wildman–Crippen MR) is 43.0 cm³/mol. The summed E-state index contributed by atoms with van der Waals surface area (Å²) in [5.74, 6) is -1.65. The van der Waals surface area contributed by atoms with Gasteiger partial charge in [0.25, 0.3) is 0 Å². The maximum atomic E-state index is 10.5. The molecule has 0 rings (SSSR count). The molecule has 0 spiro atoms. The molecule has 0 aliphatic rings. The van der Waals surface area contributed by atoms with Crippen LogP contribution in [-0.2, 0) is 13.9 Å². The minimum absolute atomic E-state index is 0.0675. The lowest BCUT2D eigenvalue weighted by Gasteiger charge is -2.11. The summed E-state index contributed by atoms with van der Waals surface area (Å²) in [4.78, 5) is 10.5. The first kappa shape index (κ1) is 11.5. The lowest BCUT2D eigenvalue weighted by Crippen LogP contribution is -2.27. The lowest BCUT2D eigenvalue weighted by atomic mass is 10.0. The molecule has 3 N–H and O–H groups in total. The highest BCUT2D eigenvalue weighted by atomic mass is 31.1. The van der Waals surface area contributed by atoms with Crippen molar-refractivity contribution >= 4 is 14.7 Å². The number of rotatable bonds is 6. The van der Waals surface area contributed by atoms with Crippen molar-refractivity contribution in [2.24, 2.45) is 11.7 Å². The Hall–Kier alpha value is -0.510. The summed E-state index contributed by atoms with van der Waals surface area (Å²) in [5, 5.41) is 8.61. The van der Waals surface area contributed by atoms with E-state index in [2.05, 4.69) is 4.52 Å². The highest BCUT2D eigenvalue weighted by molar-refractivity contribution is 7.17. The Morgan fingerprint density at radius 3 is 2.67 bits per heavy atom. The van der Waals surface area contributed by atoms with Crippen LogP contribution in [0.1, 0.15) is 13.3 Å². The van der Waals surface area contributed by atoms with Crippen LogP contribution in [0.5, 0.6) is 0 Å². The smallest absolute Gasteiger partial charge is 0.327 e. The van der Waals surface area contributed by atoms with Gasteiger partial charge in [0, 0.05) is 6.04 Å². The largest absolute Gasteiger partial charge is 0.481 e. The zero-order valence-corrected chi connectivity index (χ0v) is 7.66. The van der Waals surface area contributed by atoms with Crippen LogP contribution in [0.2, 0.25) is 0 Å². The van der Waals surface area contributed by atoms with Gasteiger partial charge in [-0.05, 0) is 13.3 Å². The van der Waals surface area contributed by atoms with E-state index in [1.165, 1.54) is 0 Å². The van der Waals surface area contributed by atoms with Crippen LogP contribution >= 0.6 is 8.69 Å². The van der Waals surface area contributed by atoms with E-state index in [1.54, 1.807) is 6.92 Å². The van der Waals surface area contributed by atoms with Gasteiger partial charge >= 0.3 is 14.7 Å². The van der Waals surface area contributed by atoms with Crippen molar-refractivity contribution < 1.29 is 19.0 Å². The zero-order valence-electron chi connectivity index (χ0n) is 6.77. The topological polar surface area (TPSA) is 89.6 Å². The molecule has 0 aromatic carbocycles. The molecule has 0 amide bonds. The highest BCUT2D eigenvalue weighted by Crippen LogP contribution is 2.09. The summed E-state index contributed by atoms with van der Waals surface area (Å²) in [5.41, 5.74) is 5.40. The third kappa shape index (κ3) is 5.18. The number of carboxylic acids is 1. The van der Waals surface area contributed by atoms with Crippen LogP contribution in [0.3, 0.4) is 0 Å². The number of nitrogens with two attached hydrogens (primary N) is 1. The number of hydrogen-bond acceptors (Lipinski definition) is 4. The summed E-state index contributed by atoms with van der Waals surface area (Å²) in [6, 6.07) is -0.196.